The second-order valence-electron chi connectivity index (χ2n) is 26.1. The van der Waals surface area contributed by atoms with Crippen molar-refractivity contribution in [2.75, 3.05) is 158 Å². The van der Waals surface area contributed by atoms with Gasteiger partial charge in [0.25, 0.3) is 30.7 Å². The van der Waals surface area contributed by atoms with Crippen LogP contribution >= 0.6 is 11.6 Å². The maximum atomic E-state index is 11.1. The van der Waals surface area contributed by atoms with E-state index in [4.69, 9.17) is 85.4 Å². The number of ether oxygens (including phenoxy) is 12. The second-order valence-corrected chi connectivity index (χ2v) is 26.6. The van der Waals surface area contributed by atoms with Gasteiger partial charge in [-0.3, -0.25) is 19.2 Å². The van der Waals surface area contributed by atoms with Gasteiger partial charge in [-0.15, -0.1) is 50.6 Å². The van der Waals surface area contributed by atoms with E-state index in [9.17, 15) is 74.5 Å². The summed E-state index contributed by atoms with van der Waals surface area (Å²) < 4.78 is 63.3. The van der Waals surface area contributed by atoms with Crippen LogP contribution in [0.4, 0.5) is 4.79 Å². The van der Waals surface area contributed by atoms with Gasteiger partial charge in [0.1, 0.15) is 73.2 Å². The molecule has 49 nitrogen and oxygen atoms in total. The summed E-state index contributed by atoms with van der Waals surface area (Å²) in [7, 11) is 0. The van der Waals surface area contributed by atoms with E-state index in [1.165, 1.54) is 26.6 Å². The highest BCUT2D eigenvalue weighted by molar-refractivity contribution is 6.64. The quantitative estimate of drug-likeness (QED) is 0.00965. The van der Waals surface area contributed by atoms with Crippen LogP contribution in [0.2, 0.25) is 0 Å². The molecule has 0 bridgehead atoms. The summed E-state index contributed by atoms with van der Waals surface area (Å²) >= 11 is 4.81. The largest absolute Gasteiger partial charge is 0.456 e. The molecule has 0 spiro atoms. The van der Waals surface area contributed by atoms with Crippen molar-refractivity contribution in [1.29, 1.82) is 0 Å². The third-order valence-electron chi connectivity index (χ3n) is 17.1. The van der Waals surface area contributed by atoms with Crippen molar-refractivity contribution in [1.82, 2.24) is 42.1 Å². The number of halogens is 1. The average Bonchev–Trinajstić information content (AvgIpc) is 1.64. The molecule has 10 fully saturated rings. The number of amides is 3. The Morgan fingerprint density at radius 1 is 0.468 bits per heavy atom. The number of nitrogens with zero attached hydrogens (tertiary/aromatic N) is 6. The van der Waals surface area contributed by atoms with Crippen LogP contribution in [0.3, 0.4) is 0 Å². The number of hydrogen-bond acceptors (Lipinski definition) is 41. The zero-order valence-corrected chi connectivity index (χ0v) is 64.4. The monoisotopic (exact) mass is 1630 g/mol. The summed E-state index contributed by atoms with van der Waals surface area (Å²) in [5, 5.41) is 83.8. The first kappa shape index (κ1) is 98.1. The zero-order valence-electron chi connectivity index (χ0n) is 63.6. The van der Waals surface area contributed by atoms with Crippen molar-refractivity contribution < 1.29 is 141 Å². The van der Waals surface area contributed by atoms with Crippen molar-refractivity contribution in [2.24, 2.45) is 11.5 Å². The molecule has 20 atom stereocenters. The molecule has 10 aliphatic rings. The lowest BCUT2D eigenvalue weighted by Gasteiger charge is -2.19. The van der Waals surface area contributed by atoms with Crippen molar-refractivity contribution in [2.45, 2.75) is 203 Å². The van der Waals surface area contributed by atoms with Gasteiger partial charge in [-0.2, -0.15) is 0 Å². The maximum absolute atomic E-state index is 11.1. The fourth-order valence-electron chi connectivity index (χ4n) is 12.1. The number of aliphatic hydroxyl groups excluding tert-OH is 2. The van der Waals surface area contributed by atoms with E-state index in [1.54, 1.807) is 27.7 Å². The SMILES string of the molecule is CC(=O)OCC(=O)Cl.CC(C)(C)OC(=O)NCCO.CCC(=O)NCCN[C@H]1CO[C@H]2[C@@H]1OC[C@H]2O[N+](=O)[O-].CCCN[C@H]1CO[C@H]2[C@@H]1OC[C@H]2O[N+](=O)[O-].CCN(CC)CC.NCCN[C@H]1CO[C@H]2[C@@H]1OC[C@H]2O[N+](=O)[O-].N[C@H]1CO[C@H]2[C@@H]1OC[C@H]2O[N+](=O)[O-].O=C(CO)NCCN[C@H]1CO[C@H]2[C@@H]1OC[C@H]2O[N+](=O)[O-]. The highest BCUT2D eigenvalue weighted by Crippen LogP contribution is 2.33. The summed E-state index contributed by atoms with van der Waals surface area (Å²) in [6.07, 6.45) is -5.26. The van der Waals surface area contributed by atoms with Crippen molar-refractivity contribution in [3.8, 4) is 0 Å². The fourth-order valence-corrected chi connectivity index (χ4v) is 12.1. The van der Waals surface area contributed by atoms with E-state index in [-0.39, 0.29) is 138 Å². The third kappa shape index (κ3) is 36.7. The van der Waals surface area contributed by atoms with E-state index in [0.717, 1.165) is 13.0 Å². The predicted octanol–water partition coefficient (Wildman–Crippen LogP) is -4.87. The Labute approximate surface area is 644 Å². The molecule has 0 aliphatic carbocycles. The minimum absolute atomic E-state index is 0.00362. The molecule has 13 N–H and O–H groups in total. The van der Waals surface area contributed by atoms with Gasteiger partial charge in [-0.1, -0.05) is 34.6 Å². The summed E-state index contributed by atoms with van der Waals surface area (Å²) in [6, 6.07) is -0.199. The number of hydrogen-bond donors (Lipinski definition) is 11. The van der Waals surface area contributed by atoms with Crippen molar-refractivity contribution in [3.05, 3.63) is 50.6 Å². The van der Waals surface area contributed by atoms with Crippen LogP contribution in [-0.2, 0) is 100 Å². The van der Waals surface area contributed by atoms with Gasteiger partial charge in [0.2, 0.25) is 11.8 Å². The van der Waals surface area contributed by atoms with Crippen LogP contribution in [0.15, 0.2) is 0 Å². The molecule has 10 saturated heterocycles. The number of carbonyl (C=O) groups is 5. The minimum atomic E-state index is -0.842. The molecule has 642 valence electrons. The predicted molar refractivity (Wildman–Crippen MR) is 377 cm³/mol. The number of nitrogens with two attached hydrogens (primary N) is 2. The van der Waals surface area contributed by atoms with E-state index in [1.807, 2.05) is 0 Å². The van der Waals surface area contributed by atoms with Gasteiger partial charge in [0.05, 0.1) is 103 Å². The zero-order chi connectivity index (χ0) is 82.8. The smallest absolute Gasteiger partial charge is 0.407 e. The van der Waals surface area contributed by atoms with Crippen LogP contribution in [0.1, 0.15) is 75.2 Å². The van der Waals surface area contributed by atoms with Gasteiger partial charge in [0, 0.05) is 59.2 Å². The molecule has 0 aromatic carbocycles. The number of aliphatic hydroxyl groups is 2. The lowest BCUT2D eigenvalue weighted by Crippen LogP contribution is -2.44. The Kier molecular flexibility index (Phi) is 46.9. The standard InChI is InChI=1S/C11H19N3O6.C10H17N3O7.C9H16N2O5.C8H15N3O5.C7H15NO3.C6H10N2O5.C6H15N.C4H5ClO3/c1-2-9(15)13-4-3-12-7-5-18-11-8(20-14(16)17)6-19-10(7)11;14-3-8(15)12-2-1-11-6-4-18-10-7(20-13(16)17)5-19-9(6)10;1-2-3-10-6-4-14-9-7(16-11(12)13)5-15-8(6)9;9-1-2-10-5-3-14-8-6(16-11(12)13)4-15-7(5)8;1-7(2,3)11-6(10)8-4-5-9;7-3-1-11-6-4(13-8(9)10)2-12-5(3)6;1-4-7(5-2)6-3;1-3(6)8-2-4(5)7/h7-8,10-12H,2-6H2,1H3,(H,13,15);6-7,9-11,14H,1-5H2,(H,12,15);6-10H,2-5H2,1H3;5-8,10H,1-4,9H2;9H,4-5H2,1-3H3,(H,8,10);3-6H,1-2,7H2;4-6H2,1-3H3;2H2,1H3/t7-,8+,10+,11+;6-,7+,9+,10+;6-,7+,8+,9+;5-,6+,7+,8+;;3-,4+,5+,6+;;/m0000.0../s1. The Bertz CT molecular complexity index is 2650. The number of alkyl carbamates (subject to hydrolysis) is 1. The summed E-state index contributed by atoms with van der Waals surface area (Å²) in [4.78, 5) is 128. The molecule has 10 rings (SSSR count). The topological polar surface area (TPSA) is 638 Å². The van der Waals surface area contributed by atoms with Gasteiger partial charge < -0.3 is 145 Å². The molecule has 10 heterocycles. The number of fused-ring (bicyclic) bond motifs is 5. The molecule has 10 aliphatic heterocycles. The number of esters is 1. The number of carbonyl (C=O) groups excluding carboxylic acids is 5. The minimum Gasteiger partial charge on any atom is -0.456 e. The normalized spacial score (nSPS) is 29.6. The first-order valence-corrected chi connectivity index (χ1v) is 36.5. The summed E-state index contributed by atoms with van der Waals surface area (Å²) in [6.45, 7) is 26.9. The van der Waals surface area contributed by atoms with Crippen LogP contribution in [0.25, 0.3) is 0 Å². The molecule has 50 heteroatoms. The fraction of sp³-hybridized carbons (Fsp3) is 0.918. The molecular formula is C61H112ClN15O34. The Morgan fingerprint density at radius 3 is 1.07 bits per heavy atom. The van der Waals surface area contributed by atoms with Crippen LogP contribution < -0.4 is 48.7 Å². The first-order valence-electron chi connectivity index (χ1n) is 36.2. The van der Waals surface area contributed by atoms with Crippen molar-refractivity contribution >= 4 is 40.7 Å². The molecule has 111 heavy (non-hydrogen) atoms. The molecule has 0 unspecified atom stereocenters. The Hall–Kier alpha value is -7.12. The van der Waals surface area contributed by atoms with E-state index >= 15 is 0 Å². The molecule has 3 amide bonds. The lowest BCUT2D eigenvalue weighted by atomic mass is 10.1. The first-order chi connectivity index (χ1) is 52.8. The maximum Gasteiger partial charge on any atom is 0.407 e. The van der Waals surface area contributed by atoms with Gasteiger partial charge >= 0.3 is 12.1 Å². The van der Waals surface area contributed by atoms with Gasteiger partial charge in [0.15, 0.2) is 37.1 Å². The molecule has 0 aromatic rings. The van der Waals surface area contributed by atoms with E-state index in [2.05, 4.69) is 98.7 Å². The summed E-state index contributed by atoms with van der Waals surface area (Å²) in [5.74, 6) is -0.938. The number of nitrogens with one attached hydrogen (secondary N) is 7. The number of rotatable bonds is 33. The van der Waals surface area contributed by atoms with Crippen LogP contribution in [-0.4, -0.2) is 355 Å². The average molecular weight is 1640 g/mol. The highest BCUT2D eigenvalue weighted by Gasteiger charge is 2.53. The van der Waals surface area contributed by atoms with Gasteiger partial charge in [-0.05, 0) is 65.0 Å². The van der Waals surface area contributed by atoms with E-state index < -0.39 is 104 Å². The van der Waals surface area contributed by atoms with Crippen LogP contribution in [0.5, 0.6) is 0 Å². The lowest BCUT2D eigenvalue weighted by molar-refractivity contribution is -0.769. The Balaban J connectivity index is 0.000000336. The Morgan fingerprint density at radius 2 is 0.793 bits per heavy atom. The van der Waals surface area contributed by atoms with Crippen molar-refractivity contribution in [3.63, 3.8) is 0 Å². The molecule has 0 aromatic heterocycles. The van der Waals surface area contributed by atoms with E-state index in [0.29, 0.717) is 78.7 Å². The molecule has 0 saturated carbocycles. The van der Waals surface area contributed by atoms with Gasteiger partial charge in [-0.25, -0.2) is 4.79 Å². The van der Waals surface area contributed by atoms with Crippen LogP contribution in [0, 0.1) is 50.6 Å². The third-order valence-corrected chi connectivity index (χ3v) is 17.2. The molecular weight excluding hydrogens is 1520 g/mol. The highest BCUT2D eigenvalue weighted by atomic mass is 35.5. The second kappa shape index (κ2) is 53.0. The summed E-state index contributed by atoms with van der Waals surface area (Å²) in [5.41, 5.74) is 10.5. The molecule has 0 radical (unpaired) electrons.